The number of benzene rings is 2. The van der Waals surface area contributed by atoms with E-state index in [1.54, 1.807) is 7.11 Å². The average molecular weight is 400 g/mol. The van der Waals surface area contributed by atoms with Crippen LogP contribution < -0.4 is 23.7 Å². The first-order valence-electron chi connectivity index (χ1n) is 9.65. The van der Waals surface area contributed by atoms with Gasteiger partial charge >= 0.3 is 0 Å². The standard InChI is InChI=1S/C22H24O7/c1-9-10(2)19-16-11(6-13(24-3)17(23)21(16)25-4)15-12(18(9)29-19)7-14-20(22(15)26-5)28-8-27-14/h6-7,9-10,18-19,23H,8H2,1-5H3/t9-,10+,18?,19?/m1/s1. The summed E-state index contributed by atoms with van der Waals surface area (Å²) >= 11 is 0. The zero-order chi connectivity index (χ0) is 20.4. The van der Waals surface area contributed by atoms with Gasteiger partial charge in [-0.25, -0.2) is 0 Å². The van der Waals surface area contributed by atoms with Crippen LogP contribution in [-0.4, -0.2) is 33.2 Å². The zero-order valence-electron chi connectivity index (χ0n) is 17.1. The summed E-state index contributed by atoms with van der Waals surface area (Å²) in [5.41, 5.74) is 3.47. The first-order chi connectivity index (χ1) is 14.0. The molecule has 2 bridgehead atoms. The van der Waals surface area contributed by atoms with E-state index in [-0.39, 0.29) is 36.6 Å². The quantitative estimate of drug-likeness (QED) is 0.827. The summed E-state index contributed by atoms with van der Waals surface area (Å²) in [7, 11) is 4.67. The predicted molar refractivity (Wildman–Crippen MR) is 104 cm³/mol. The normalized spacial score (nSPS) is 25.8. The van der Waals surface area contributed by atoms with Crippen molar-refractivity contribution in [2.45, 2.75) is 26.1 Å². The minimum absolute atomic E-state index is 0.0381. The zero-order valence-corrected chi connectivity index (χ0v) is 17.1. The monoisotopic (exact) mass is 400 g/mol. The number of hydrogen-bond donors (Lipinski definition) is 1. The van der Waals surface area contributed by atoms with Gasteiger partial charge in [0.2, 0.25) is 18.3 Å². The molecule has 2 unspecified atom stereocenters. The Morgan fingerprint density at radius 3 is 2.34 bits per heavy atom. The van der Waals surface area contributed by atoms with Gasteiger partial charge in [0, 0.05) is 11.1 Å². The molecule has 0 aromatic heterocycles. The molecule has 7 nitrogen and oxygen atoms in total. The maximum Gasteiger partial charge on any atom is 0.231 e. The van der Waals surface area contributed by atoms with Crippen LogP contribution in [0.3, 0.4) is 0 Å². The summed E-state index contributed by atoms with van der Waals surface area (Å²) in [5.74, 6) is 2.90. The molecule has 5 rings (SSSR count). The molecular weight excluding hydrogens is 376 g/mol. The number of methoxy groups -OCH3 is 3. The molecule has 1 fully saturated rings. The summed E-state index contributed by atoms with van der Waals surface area (Å²) in [4.78, 5) is 0. The maximum atomic E-state index is 10.8. The number of hydrogen-bond acceptors (Lipinski definition) is 7. The highest BCUT2D eigenvalue weighted by molar-refractivity contribution is 5.86. The van der Waals surface area contributed by atoms with Crippen LogP contribution in [0.1, 0.15) is 37.2 Å². The lowest BCUT2D eigenvalue weighted by atomic mass is 9.77. The van der Waals surface area contributed by atoms with Crippen molar-refractivity contribution >= 4 is 0 Å². The van der Waals surface area contributed by atoms with E-state index in [1.165, 1.54) is 14.2 Å². The Labute approximate surface area is 169 Å². The molecule has 0 radical (unpaired) electrons. The molecule has 7 heteroatoms. The van der Waals surface area contributed by atoms with E-state index < -0.39 is 0 Å². The first kappa shape index (κ1) is 18.2. The van der Waals surface area contributed by atoms with Gasteiger partial charge in [-0.1, -0.05) is 13.8 Å². The second-order valence-corrected chi connectivity index (χ2v) is 7.73. The van der Waals surface area contributed by atoms with Gasteiger partial charge in [0.1, 0.15) is 0 Å². The van der Waals surface area contributed by atoms with E-state index in [9.17, 15) is 5.11 Å². The smallest absolute Gasteiger partial charge is 0.231 e. The first-order valence-corrected chi connectivity index (χ1v) is 9.65. The largest absolute Gasteiger partial charge is 0.502 e. The molecule has 2 aromatic rings. The molecule has 3 aliphatic heterocycles. The molecule has 0 spiro atoms. The van der Waals surface area contributed by atoms with Gasteiger partial charge < -0.3 is 33.5 Å². The second kappa shape index (κ2) is 6.35. The molecule has 0 saturated carbocycles. The fraction of sp³-hybridized carbons (Fsp3) is 0.455. The molecule has 2 aromatic carbocycles. The summed E-state index contributed by atoms with van der Waals surface area (Å²) in [6, 6.07) is 3.80. The summed E-state index contributed by atoms with van der Waals surface area (Å²) in [6.07, 6.45) is -0.399. The lowest BCUT2D eigenvalue weighted by Gasteiger charge is -2.27. The Balaban J connectivity index is 1.93. The van der Waals surface area contributed by atoms with E-state index in [2.05, 4.69) is 13.8 Å². The second-order valence-electron chi connectivity index (χ2n) is 7.73. The summed E-state index contributed by atoms with van der Waals surface area (Å²) < 4.78 is 34.8. The molecule has 3 heterocycles. The van der Waals surface area contributed by atoms with E-state index >= 15 is 0 Å². The van der Waals surface area contributed by atoms with Crippen molar-refractivity contribution in [3.8, 4) is 45.6 Å². The number of aromatic hydroxyl groups is 1. The fourth-order valence-electron chi connectivity index (χ4n) is 4.86. The number of phenolic OH excluding ortho intramolecular Hbond substituents is 1. The molecular formula is C22H24O7. The van der Waals surface area contributed by atoms with Crippen LogP contribution in [-0.2, 0) is 4.74 Å². The third kappa shape index (κ3) is 2.28. The van der Waals surface area contributed by atoms with Crippen molar-refractivity contribution in [1.29, 1.82) is 0 Å². The topological polar surface area (TPSA) is 75.6 Å². The van der Waals surface area contributed by atoms with Gasteiger partial charge in [0.15, 0.2) is 23.0 Å². The van der Waals surface area contributed by atoms with Crippen LogP contribution in [0.25, 0.3) is 11.1 Å². The fourth-order valence-corrected chi connectivity index (χ4v) is 4.86. The van der Waals surface area contributed by atoms with E-state index in [0.717, 1.165) is 22.3 Å². The highest BCUT2D eigenvalue weighted by Crippen LogP contribution is 2.63. The Hall–Kier alpha value is -2.80. The Kier molecular flexibility index (Phi) is 4.00. The number of phenols is 1. The van der Waals surface area contributed by atoms with Crippen LogP contribution in [0.2, 0.25) is 0 Å². The van der Waals surface area contributed by atoms with Crippen LogP contribution in [0.4, 0.5) is 0 Å². The molecule has 0 aliphatic carbocycles. The highest BCUT2D eigenvalue weighted by atomic mass is 16.7. The molecule has 3 aliphatic rings. The molecule has 29 heavy (non-hydrogen) atoms. The van der Waals surface area contributed by atoms with Crippen molar-refractivity contribution in [3.63, 3.8) is 0 Å². The van der Waals surface area contributed by atoms with E-state index in [4.69, 9.17) is 28.4 Å². The Morgan fingerprint density at radius 2 is 1.66 bits per heavy atom. The summed E-state index contributed by atoms with van der Waals surface area (Å²) in [5, 5.41) is 10.8. The molecule has 154 valence electrons. The third-order valence-corrected chi connectivity index (χ3v) is 6.47. The van der Waals surface area contributed by atoms with Gasteiger partial charge in [0.25, 0.3) is 0 Å². The van der Waals surface area contributed by atoms with Crippen molar-refractivity contribution in [3.05, 3.63) is 23.3 Å². The molecule has 4 atom stereocenters. The van der Waals surface area contributed by atoms with Crippen molar-refractivity contribution in [2.24, 2.45) is 11.8 Å². The van der Waals surface area contributed by atoms with Crippen LogP contribution >= 0.6 is 0 Å². The van der Waals surface area contributed by atoms with Crippen molar-refractivity contribution in [2.75, 3.05) is 28.1 Å². The average Bonchev–Trinajstić information content (AvgIpc) is 3.27. The van der Waals surface area contributed by atoms with Crippen LogP contribution in [0, 0.1) is 11.8 Å². The SMILES string of the molecule is COc1cc2c(c(OC)c1O)C1OC(c3cc4c(c(OC)c3-2)OCO4)[C@H](C)[C@@H]1C. The number of rotatable bonds is 3. The number of fused-ring (bicyclic) bond motifs is 8. The highest BCUT2D eigenvalue weighted by Gasteiger charge is 2.48. The molecule has 0 amide bonds. The Morgan fingerprint density at radius 1 is 0.931 bits per heavy atom. The van der Waals surface area contributed by atoms with Gasteiger partial charge in [-0.15, -0.1) is 0 Å². The van der Waals surface area contributed by atoms with E-state index in [1.807, 2.05) is 12.1 Å². The van der Waals surface area contributed by atoms with Gasteiger partial charge in [-0.2, -0.15) is 0 Å². The minimum Gasteiger partial charge on any atom is -0.502 e. The van der Waals surface area contributed by atoms with Gasteiger partial charge in [-0.05, 0) is 35.1 Å². The lowest BCUT2D eigenvalue weighted by Crippen LogP contribution is -2.15. The van der Waals surface area contributed by atoms with E-state index in [0.29, 0.717) is 28.7 Å². The minimum atomic E-state index is -0.245. The maximum absolute atomic E-state index is 10.8. The molecule has 1 N–H and O–H groups in total. The Bertz CT molecular complexity index is 1000. The van der Waals surface area contributed by atoms with Crippen LogP contribution in [0.5, 0.6) is 34.5 Å². The predicted octanol–water partition coefficient (Wildman–Crippen LogP) is 4.21. The van der Waals surface area contributed by atoms with Crippen molar-refractivity contribution in [1.82, 2.24) is 0 Å². The van der Waals surface area contributed by atoms with Crippen molar-refractivity contribution < 1.29 is 33.5 Å². The van der Waals surface area contributed by atoms with Crippen LogP contribution in [0.15, 0.2) is 12.1 Å². The number of ether oxygens (including phenoxy) is 6. The van der Waals surface area contributed by atoms with Gasteiger partial charge in [-0.3, -0.25) is 0 Å². The molecule has 1 saturated heterocycles. The summed E-state index contributed by atoms with van der Waals surface area (Å²) in [6.45, 7) is 4.48. The third-order valence-electron chi connectivity index (χ3n) is 6.47. The lowest BCUT2D eigenvalue weighted by molar-refractivity contribution is 0.0300. The van der Waals surface area contributed by atoms with Gasteiger partial charge in [0.05, 0.1) is 33.5 Å².